The molecule has 0 unspecified atom stereocenters. The molecular weight excluding hydrogens is 154 g/mol. The highest BCUT2D eigenvalue weighted by Crippen LogP contribution is 2.18. The van der Waals surface area contributed by atoms with Crippen LogP contribution >= 0.6 is 0 Å². The minimum Gasteiger partial charge on any atom is -0.480 e. The van der Waals surface area contributed by atoms with Crippen molar-refractivity contribution in [3.05, 3.63) is 24.8 Å². The monoisotopic (exact) mass is 161 g/mol. The predicted molar refractivity (Wildman–Crippen MR) is 43.9 cm³/mol. The van der Waals surface area contributed by atoms with Crippen molar-refractivity contribution in [2.75, 3.05) is 7.11 Å². The lowest BCUT2D eigenvalue weighted by Gasteiger charge is -2.00. The lowest BCUT2D eigenvalue weighted by molar-refractivity contribution is 0.403. The standard InChI is InChI=1S/C8H7N3O/c1-12-8-6-4-9-5-11-7(6)2-3-10-8/h2-5H,1H3. The van der Waals surface area contributed by atoms with Crippen LogP contribution in [0.1, 0.15) is 0 Å². The van der Waals surface area contributed by atoms with E-state index in [2.05, 4.69) is 15.0 Å². The largest absolute Gasteiger partial charge is 0.480 e. The molecule has 2 rings (SSSR count). The predicted octanol–water partition coefficient (Wildman–Crippen LogP) is 1.03. The molecule has 0 N–H and O–H groups in total. The zero-order valence-corrected chi connectivity index (χ0v) is 6.56. The van der Waals surface area contributed by atoms with Gasteiger partial charge < -0.3 is 4.74 Å². The van der Waals surface area contributed by atoms with E-state index >= 15 is 0 Å². The third-order valence-corrected chi connectivity index (χ3v) is 1.59. The van der Waals surface area contributed by atoms with Gasteiger partial charge in [0.2, 0.25) is 5.88 Å². The number of rotatable bonds is 1. The zero-order chi connectivity index (χ0) is 8.39. The number of nitrogens with zero attached hydrogens (tertiary/aromatic N) is 3. The Bertz CT molecular complexity index is 397. The second kappa shape index (κ2) is 2.73. The van der Waals surface area contributed by atoms with E-state index in [1.807, 2.05) is 6.07 Å². The Morgan fingerprint density at radius 3 is 3.08 bits per heavy atom. The van der Waals surface area contributed by atoms with E-state index < -0.39 is 0 Å². The van der Waals surface area contributed by atoms with Gasteiger partial charge in [0.15, 0.2) is 0 Å². The fourth-order valence-electron chi connectivity index (χ4n) is 1.04. The molecule has 2 aromatic rings. The molecule has 0 saturated heterocycles. The molecule has 0 aromatic carbocycles. The number of hydrogen-bond donors (Lipinski definition) is 0. The maximum Gasteiger partial charge on any atom is 0.224 e. The van der Waals surface area contributed by atoms with Gasteiger partial charge in [-0.15, -0.1) is 0 Å². The Hall–Kier alpha value is -1.71. The van der Waals surface area contributed by atoms with Crippen molar-refractivity contribution in [3.63, 3.8) is 0 Å². The number of hydrogen-bond acceptors (Lipinski definition) is 4. The maximum absolute atomic E-state index is 5.04. The van der Waals surface area contributed by atoms with Crippen LogP contribution in [0.5, 0.6) is 5.88 Å². The number of fused-ring (bicyclic) bond motifs is 1. The van der Waals surface area contributed by atoms with Crippen molar-refractivity contribution in [3.8, 4) is 5.88 Å². The van der Waals surface area contributed by atoms with E-state index in [1.165, 1.54) is 6.33 Å². The van der Waals surface area contributed by atoms with E-state index in [0.717, 1.165) is 10.9 Å². The van der Waals surface area contributed by atoms with Crippen LogP contribution in [0.2, 0.25) is 0 Å². The van der Waals surface area contributed by atoms with Gasteiger partial charge in [-0.2, -0.15) is 0 Å². The van der Waals surface area contributed by atoms with Crippen molar-refractivity contribution >= 4 is 10.9 Å². The molecule has 0 radical (unpaired) electrons. The summed E-state index contributed by atoms with van der Waals surface area (Å²) < 4.78 is 5.04. The van der Waals surface area contributed by atoms with Crippen LogP contribution in [0.15, 0.2) is 24.8 Å². The van der Waals surface area contributed by atoms with Crippen LogP contribution in [0, 0.1) is 0 Å². The average molecular weight is 161 g/mol. The highest BCUT2D eigenvalue weighted by molar-refractivity contribution is 5.81. The summed E-state index contributed by atoms with van der Waals surface area (Å²) >= 11 is 0. The van der Waals surface area contributed by atoms with E-state index in [9.17, 15) is 0 Å². The molecule has 0 aliphatic heterocycles. The van der Waals surface area contributed by atoms with Crippen LogP contribution in [0.3, 0.4) is 0 Å². The summed E-state index contributed by atoms with van der Waals surface area (Å²) in [6.45, 7) is 0. The summed E-state index contributed by atoms with van der Waals surface area (Å²) in [4.78, 5) is 12.0. The van der Waals surface area contributed by atoms with Crippen molar-refractivity contribution in [1.29, 1.82) is 0 Å². The number of aromatic nitrogens is 3. The first-order chi connectivity index (χ1) is 5.92. The quantitative estimate of drug-likeness (QED) is 0.626. The highest BCUT2D eigenvalue weighted by atomic mass is 16.5. The topological polar surface area (TPSA) is 47.9 Å². The molecule has 0 aliphatic carbocycles. The van der Waals surface area contributed by atoms with E-state index in [0.29, 0.717) is 5.88 Å². The van der Waals surface area contributed by atoms with Crippen molar-refractivity contribution in [2.45, 2.75) is 0 Å². The van der Waals surface area contributed by atoms with Gasteiger partial charge in [0, 0.05) is 12.4 Å². The van der Waals surface area contributed by atoms with Crippen LogP contribution in [-0.4, -0.2) is 22.1 Å². The first kappa shape index (κ1) is 6.97. The second-order valence-corrected chi connectivity index (χ2v) is 2.28. The minimum atomic E-state index is 0.563. The molecule has 0 aliphatic rings. The fourth-order valence-corrected chi connectivity index (χ4v) is 1.04. The Labute approximate surface area is 69.3 Å². The molecule has 60 valence electrons. The molecule has 12 heavy (non-hydrogen) atoms. The van der Waals surface area contributed by atoms with Gasteiger partial charge in [0.1, 0.15) is 6.33 Å². The Balaban J connectivity index is 2.79. The zero-order valence-electron chi connectivity index (χ0n) is 6.56. The SMILES string of the molecule is COc1nccc2ncncc12. The Morgan fingerprint density at radius 1 is 1.33 bits per heavy atom. The molecule has 0 atom stereocenters. The maximum atomic E-state index is 5.04. The van der Waals surface area contributed by atoms with Gasteiger partial charge in [0.05, 0.1) is 18.0 Å². The van der Waals surface area contributed by atoms with Gasteiger partial charge in [-0.1, -0.05) is 0 Å². The lowest BCUT2D eigenvalue weighted by Crippen LogP contribution is -1.90. The van der Waals surface area contributed by atoms with Crippen LogP contribution in [-0.2, 0) is 0 Å². The molecule has 0 bridgehead atoms. The van der Waals surface area contributed by atoms with E-state index in [4.69, 9.17) is 4.74 Å². The number of pyridine rings is 1. The van der Waals surface area contributed by atoms with Gasteiger partial charge in [-0.3, -0.25) is 0 Å². The molecule has 0 amide bonds. The molecule has 2 aromatic heterocycles. The lowest BCUT2D eigenvalue weighted by atomic mass is 10.3. The van der Waals surface area contributed by atoms with E-state index in [1.54, 1.807) is 19.5 Å². The summed E-state index contributed by atoms with van der Waals surface area (Å²) in [6, 6.07) is 1.82. The van der Waals surface area contributed by atoms with Gasteiger partial charge in [-0.25, -0.2) is 15.0 Å². The van der Waals surface area contributed by atoms with Crippen LogP contribution < -0.4 is 4.74 Å². The average Bonchev–Trinajstić information content (AvgIpc) is 2.17. The normalized spacial score (nSPS) is 10.1. The summed E-state index contributed by atoms with van der Waals surface area (Å²) in [5.74, 6) is 0.563. The smallest absolute Gasteiger partial charge is 0.224 e. The first-order valence-corrected chi connectivity index (χ1v) is 3.50. The molecular formula is C8H7N3O. The summed E-state index contributed by atoms with van der Waals surface area (Å²) in [7, 11) is 1.58. The van der Waals surface area contributed by atoms with Crippen molar-refractivity contribution in [1.82, 2.24) is 15.0 Å². The van der Waals surface area contributed by atoms with Gasteiger partial charge in [-0.05, 0) is 6.07 Å². The third kappa shape index (κ3) is 0.972. The van der Waals surface area contributed by atoms with Crippen molar-refractivity contribution in [2.24, 2.45) is 0 Å². The second-order valence-electron chi connectivity index (χ2n) is 2.28. The Morgan fingerprint density at radius 2 is 2.25 bits per heavy atom. The molecule has 4 heteroatoms. The molecule has 2 heterocycles. The van der Waals surface area contributed by atoms with E-state index in [-0.39, 0.29) is 0 Å². The minimum absolute atomic E-state index is 0.563. The summed E-state index contributed by atoms with van der Waals surface area (Å²) in [6.07, 6.45) is 4.85. The first-order valence-electron chi connectivity index (χ1n) is 3.50. The molecule has 0 saturated carbocycles. The summed E-state index contributed by atoms with van der Waals surface area (Å²) in [5.41, 5.74) is 0.844. The van der Waals surface area contributed by atoms with Gasteiger partial charge >= 0.3 is 0 Å². The number of methoxy groups -OCH3 is 1. The molecule has 4 nitrogen and oxygen atoms in total. The summed E-state index contributed by atoms with van der Waals surface area (Å²) in [5, 5.41) is 0.836. The highest BCUT2D eigenvalue weighted by Gasteiger charge is 2.00. The number of ether oxygens (including phenoxy) is 1. The molecule has 0 fully saturated rings. The third-order valence-electron chi connectivity index (χ3n) is 1.59. The Kier molecular flexibility index (Phi) is 1.59. The van der Waals surface area contributed by atoms with Gasteiger partial charge in [0.25, 0.3) is 0 Å². The van der Waals surface area contributed by atoms with Crippen LogP contribution in [0.25, 0.3) is 10.9 Å². The van der Waals surface area contributed by atoms with Crippen molar-refractivity contribution < 1.29 is 4.74 Å². The molecule has 0 spiro atoms. The fraction of sp³-hybridized carbons (Fsp3) is 0.125. The van der Waals surface area contributed by atoms with Crippen LogP contribution in [0.4, 0.5) is 0 Å².